The van der Waals surface area contributed by atoms with Crippen molar-refractivity contribution in [3.63, 3.8) is 0 Å². The van der Waals surface area contributed by atoms with Crippen LogP contribution in [0.15, 0.2) is 48.1 Å². The van der Waals surface area contributed by atoms with Gasteiger partial charge in [-0.2, -0.15) is 5.26 Å². The number of anilines is 1. The van der Waals surface area contributed by atoms with E-state index in [4.69, 9.17) is 0 Å². The van der Waals surface area contributed by atoms with Gasteiger partial charge < -0.3 is 15.2 Å². The van der Waals surface area contributed by atoms with E-state index < -0.39 is 6.04 Å². The van der Waals surface area contributed by atoms with Crippen molar-refractivity contribution in [3.8, 4) is 6.07 Å². The molecule has 0 spiro atoms. The van der Waals surface area contributed by atoms with Gasteiger partial charge in [0.25, 0.3) is 5.91 Å². The number of nitrogens with zero attached hydrogens (tertiary/aromatic N) is 4. The third-order valence-electron chi connectivity index (χ3n) is 7.02. The number of aromatic nitrogens is 3. The number of thiophene rings is 1. The lowest BCUT2D eigenvalue weighted by Gasteiger charge is -2.33. The van der Waals surface area contributed by atoms with Crippen LogP contribution < -0.4 is 10.6 Å². The maximum Gasteiger partial charge on any atom is 0.251 e. The molecule has 0 radical (unpaired) electrons. The number of hydrogen-bond donors (Lipinski definition) is 2. The average molecular weight is 563 g/mol. The predicted molar refractivity (Wildman–Crippen MR) is 156 cm³/mol. The molecule has 0 bridgehead atoms. The molecule has 2 amide bonds. The highest BCUT2D eigenvalue weighted by molar-refractivity contribution is 7.99. The number of carbonyl (C=O) groups is 2. The molecule has 2 atom stereocenters. The molecule has 0 aliphatic heterocycles. The zero-order valence-electron chi connectivity index (χ0n) is 22.8. The lowest BCUT2D eigenvalue weighted by Crippen LogP contribution is -2.28. The molecule has 2 N–H and O–H groups in total. The normalized spacial score (nSPS) is 15.6. The van der Waals surface area contributed by atoms with E-state index in [0.29, 0.717) is 39.6 Å². The van der Waals surface area contributed by atoms with Gasteiger partial charge in [0.2, 0.25) is 5.91 Å². The quantitative estimate of drug-likeness (QED) is 0.253. The van der Waals surface area contributed by atoms with E-state index >= 15 is 0 Å². The number of nitrogens with one attached hydrogen (secondary N) is 2. The van der Waals surface area contributed by atoms with Gasteiger partial charge in [0, 0.05) is 17.0 Å². The van der Waals surface area contributed by atoms with Gasteiger partial charge in [0.15, 0.2) is 11.0 Å². The SMILES string of the molecule is C=CCn1c(SCC(=O)Nc2sc3c(c2C#N)CC[C@H](C(C)(C)C)C3)nnc1[C@@H](C)NC(=O)c1ccccc1. The minimum atomic E-state index is -0.402. The van der Waals surface area contributed by atoms with Crippen molar-refractivity contribution in [3.05, 3.63) is 70.4 Å². The molecule has 0 saturated carbocycles. The second-order valence-corrected chi connectivity index (χ2v) is 12.8. The fraction of sp³-hybridized carbons (Fsp3) is 0.414. The molecular weight excluding hydrogens is 528 g/mol. The van der Waals surface area contributed by atoms with Crippen LogP contribution in [0, 0.1) is 22.7 Å². The molecule has 0 fully saturated rings. The number of benzene rings is 1. The van der Waals surface area contributed by atoms with Crippen molar-refractivity contribution in [2.45, 2.75) is 64.7 Å². The van der Waals surface area contributed by atoms with Gasteiger partial charge >= 0.3 is 0 Å². The minimum absolute atomic E-state index is 0.109. The van der Waals surface area contributed by atoms with Gasteiger partial charge in [0.05, 0.1) is 17.4 Å². The van der Waals surface area contributed by atoms with Crippen LogP contribution in [0.5, 0.6) is 0 Å². The van der Waals surface area contributed by atoms with Gasteiger partial charge in [-0.25, -0.2) is 0 Å². The van der Waals surface area contributed by atoms with Crippen LogP contribution in [0.1, 0.15) is 72.3 Å². The molecule has 204 valence electrons. The summed E-state index contributed by atoms with van der Waals surface area (Å²) in [7, 11) is 0. The van der Waals surface area contributed by atoms with Crippen molar-refractivity contribution in [2.75, 3.05) is 11.1 Å². The Morgan fingerprint density at radius 3 is 2.72 bits per heavy atom. The van der Waals surface area contributed by atoms with E-state index in [-0.39, 0.29) is 23.0 Å². The molecule has 2 heterocycles. The molecule has 3 aromatic rings. The zero-order chi connectivity index (χ0) is 28.2. The van der Waals surface area contributed by atoms with Crippen LogP contribution in [0.2, 0.25) is 0 Å². The Kier molecular flexibility index (Phi) is 8.93. The predicted octanol–water partition coefficient (Wildman–Crippen LogP) is 5.77. The summed E-state index contributed by atoms with van der Waals surface area (Å²) in [4.78, 5) is 26.8. The molecule has 1 aliphatic rings. The van der Waals surface area contributed by atoms with Gasteiger partial charge in [0.1, 0.15) is 11.1 Å². The van der Waals surface area contributed by atoms with Gasteiger partial charge in [-0.1, -0.05) is 56.8 Å². The van der Waals surface area contributed by atoms with Gasteiger partial charge in [-0.05, 0) is 55.2 Å². The largest absolute Gasteiger partial charge is 0.342 e. The Morgan fingerprint density at radius 2 is 2.05 bits per heavy atom. The molecule has 0 unspecified atom stereocenters. The highest BCUT2D eigenvalue weighted by Gasteiger charge is 2.32. The van der Waals surface area contributed by atoms with E-state index in [0.717, 1.165) is 24.8 Å². The Balaban J connectivity index is 1.42. The Morgan fingerprint density at radius 1 is 1.31 bits per heavy atom. The minimum Gasteiger partial charge on any atom is -0.342 e. The summed E-state index contributed by atoms with van der Waals surface area (Å²) in [5.74, 6) is 0.832. The number of hydrogen-bond acceptors (Lipinski definition) is 7. The highest BCUT2D eigenvalue weighted by Crippen LogP contribution is 2.44. The summed E-state index contributed by atoms with van der Waals surface area (Å²) in [6.45, 7) is 12.9. The molecule has 39 heavy (non-hydrogen) atoms. The first-order chi connectivity index (χ1) is 18.6. The number of carbonyl (C=O) groups excluding carboxylic acids is 2. The number of thioether (sulfide) groups is 1. The lowest BCUT2D eigenvalue weighted by molar-refractivity contribution is -0.113. The smallest absolute Gasteiger partial charge is 0.251 e. The van der Waals surface area contributed by atoms with E-state index in [1.54, 1.807) is 18.2 Å². The summed E-state index contributed by atoms with van der Waals surface area (Å²) in [6, 6.07) is 10.9. The maximum atomic E-state index is 12.9. The van der Waals surface area contributed by atoms with Gasteiger partial charge in [-0.3, -0.25) is 9.59 Å². The number of nitriles is 1. The number of allylic oxidation sites excluding steroid dienone is 1. The molecule has 0 saturated heterocycles. The number of amides is 2. The second kappa shape index (κ2) is 12.2. The van der Waals surface area contributed by atoms with E-state index in [1.807, 2.05) is 29.7 Å². The fourth-order valence-electron chi connectivity index (χ4n) is 4.79. The molecular formula is C29H34N6O2S2. The van der Waals surface area contributed by atoms with Crippen LogP contribution in [-0.2, 0) is 24.2 Å². The average Bonchev–Trinajstić information content (AvgIpc) is 3.47. The number of fused-ring (bicyclic) bond motifs is 1. The third-order valence-corrected chi connectivity index (χ3v) is 9.15. The zero-order valence-corrected chi connectivity index (χ0v) is 24.4. The molecule has 10 heteroatoms. The van der Waals surface area contributed by atoms with Crippen molar-refractivity contribution in [2.24, 2.45) is 11.3 Å². The van der Waals surface area contributed by atoms with E-state index in [1.165, 1.54) is 28.0 Å². The second-order valence-electron chi connectivity index (χ2n) is 10.8. The first-order valence-corrected chi connectivity index (χ1v) is 14.8. The van der Waals surface area contributed by atoms with E-state index in [2.05, 4.69) is 54.3 Å². The van der Waals surface area contributed by atoms with Crippen molar-refractivity contribution >= 4 is 39.9 Å². The standard InChI is InChI=1S/C29H34N6O2S2/c1-6-14-35-25(18(2)31-26(37)19-10-8-7-9-11-19)33-34-28(35)38-17-24(36)32-27-22(16-30)21-13-12-20(29(3,4)5)15-23(21)39-27/h6-11,18,20H,1,12-15,17H2,2-5H3,(H,31,37)(H,32,36)/t18-,20+/m1/s1. The Hall–Kier alpha value is -3.42. The fourth-order valence-corrected chi connectivity index (χ4v) is 6.83. The molecule has 8 nitrogen and oxygen atoms in total. The monoisotopic (exact) mass is 562 g/mol. The molecule has 2 aromatic heterocycles. The van der Waals surface area contributed by atoms with Crippen LogP contribution in [0.3, 0.4) is 0 Å². The first-order valence-electron chi connectivity index (χ1n) is 13.0. The highest BCUT2D eigenvalue weighted by atomic mass is 32.2. The summed E-state index contributed by atoms with van der Waals surface area (Å²) in [6.07, 6.45) is 4.59. The summed E-state index contributed by atoms with van der Waals surface area (Å²) in [5, 5.41) is 25.5. The van der Waals surface area contributed by atoms with E-state index in [9.17, 15) is 14.9 Å². The van der Waals surface area contributed by atoms with Crippen LogP contribution >= 0.6 is 23.1 Å². The van der Waals surface area contributed by atoms with Gasteiger partial charge in [-0.15, -0.1) is 28.1 Å². The summed E-state index contributed by atoms with van der Waals surface area (Å²) < 4.78 is 1.85. The van der Waals surface area contributed by atoms with Crippen molar-refractivity contribution in [1.29, 1.82) is 5.26 Å². The Bertz CT molecular complexity index is 1400. The van der Waals surface area contributed by atoms with Crippen LogP contribution in [0.25, 0.3) is 0 Å². The summed E-state index contributed by atoms with van der Waals surface area (Å²) >= 11 is 2.79. The van der Waals surface area contributed by atoms with Crippen LogP contribution in [0.4, 0.5) is 5.00 Å². The number of rotatable bonds is 9. The Labute approximate surface area is 237 Å². The third kappa shape index (κ3) is 6.60. The molecule has 4 rings (SSSR count). The summed E-state index contributed by atoms with van der Waals surface area (Å²) in [5.41, 5.74) is 2.45. The van der Waals surface area contributed by atoms with Crippen molar-refractivity contribution < 1.29 is 9.59 Å². The van der Waals surface area contributed by atoms with Crippen molar-refractivity contribution in [1.82, 2.24) is 20.1 Å². The molecule has 1 aliphatic carbocycles. The maximum absolute atomic E-state index is 12.9. The first kappa shape index (κ1) is 28.6. The van der Waals surface area contributed by atoms with Crippen LogP contribution in [-0.4, -0.2) is 32.3 Å². The lowest BCUT2D eigenvalue weighted by atomic mass is 9.72. The topological polar surface area (TPSA) is 113 Å². The molecule has 1 aromatic carbocycles.